The van der Waals surface area contributed by atoms with E-state index in [1.807, 2.05) is 24.3 Å². The Labute approximate surface area is 107 Å². The number of ether oxygens (including phenoxy) is 2. The van der Waals surface area contributed by atoms with E-state index in [0.29, 0.717) is 13.0 Å². The Hall–Kier alpha value is -1.36. The number of carbonyl (C=O) groups excluding carboxylic acids is 2. The number of cyclic esters (lactones) is 1. The lowest BCUT2D eigenvalue weighted by Gasteiger charge is -2.08. The minimum absolute atomic E-state index is 0.164. The van der Waals surface area contributed by atoms with Crippen molar-refractivity contribution in [2.24, 2.45) is 0 Å². The molecule has 0 radical (unpaired) electrons. The molecule has 1 aromatic carbocycles. The molecule has 1 aliphatic heterocycles. The molecule has 0 spiro atoms. The zero-order valence-corrected chi connectivity index (χ0v) is 10.6. The predicted octanol–water partition coefficient (Wildman–Crippen LogP) is 1.85. The second-order valence-electron chi connectivity index (χ2n) is 3.74. The second kappa shape index (κ2) is 5.31. The Morgan fingerprint density at radius 3 is 2.71 bits per heavy atom. The van der Waals surface area contributed by atoms with E-state index in [1.54, 1.807) is 0 Å². The van der Waals surface area contributed by atoms with Crippen molar-refractivity contribution in [1.29, 1.82) is 0 Å². The molecule has 4 nitrogen and oxygen atoms in total. The van der Waals surface area contributed by atoms with Crippen LogP contribution in [0.4, 0.5) is 0 Å². The van der Waals surface area contributed by atoms with Crippen molar-refractivity contribution in [3.8, 4) is 0 Å². The molecular formula is C12H11BrO4. The number of carbonyl (C=O) groups is 2. The Kier molecular flexibility index (Phi) is 3.78. The molecule has 90 valence electrons. The summed E-state index contributed by atoms with van der Waals surface area (Å²) >= 11 is 3.31. The topological polar surface area (TPSA) is 52.6 Å². The van der Waals surface area contributed by atoms with Crippen LogP contribution in [0.3, 0.4) is 0 Å². The molecule has 0 aliphatic carbocycles. The van der Waals surface area contributed by atoms with Gasteiger partial charge in [-0.1, -0.05) is 28.1 Å². The molecule has 1 saturated heterocycles. The van der Waals surface area contributed by atoms with E-state index in [2.05, 4.69) is 15.9 Å². The minimum Gasteiger partial charge on any atom is -0.463 e. The molecule has 0 bridgehead atoms. The lowest BCUT2D eigenvalue weighted by molar-refractivity contribution is -0.159. The molecule has 2 rings (SSSR count). The SMILES string of the molecule is O=C(Cc1ccc(Br)cc1)OC1CCOC1=O. The number of halogens is 1. The molecule has 17 heavy (non-hydrogen) atoms. The van der Waals surface area contributed by atoms with Gasteiger partial charge in [-0.3, -0.25) is 4.79 Å². The number of hydrogen-bond acceptors (Lipinski definition) is 4. The van der Waals surface area contributed by atoms with Gasteiger partial charge in [0.15, 0.2) is 0 Å². The van der Waals surface area contributed by atoms with Gasteiger partial charge >= 0.3 is 11.9 Å². The molecule has 1 atom stereocenters. The number of benzene rings is 1. The molecular weight excluding hydrogens is 288 g/mol. The normalized spacial score (nSPS) is 18.9. The first-order valence-electron chi connectivity index (χ1n) is 5.26. The van der Waals surface area contributed by atoms with E-state index in [-0.39, 0.29) is 6.42 Å². The van der Waals surface area contributed by atoms with Crippen molar-refractivity contribution in [2.45, 2.75) is 18.9 Å². The summed E-state index contributed by atoms with van der Waals surface area (Å²) in [6.07, 6.45) is -0.111. The zero-order chi connectivity index (χ0) is 12.3. The van der Waals surface area contributed by atoms with Crippen molar-refractivity contribution in [1.82, 2.24) is 0 Å². The summed E-state index contributed by atoms with van der Waals surface area (Å²) in [5.74, 6) is -0.856. The van der Waals surface area contributed by atoms with E-state index in [4.69, 9.17) is 9.47 Å². The summed E-state index contributed by atoms with van der Waals surface area (Å²) in [5, 5.41) is 0. The first-order valence-corrected chi connectivity index (χ1v) is 6.05. The largest absolute Gasteiger partial charge is 0.463 e. The summed E-state index contributed by atoms with van der Waals surface area (Å²) in [7, 11) is 0. The van der Waals surface area contributed by atoms with Gasteiger partial charge in [-0.05, 0) is 17.7 Å². The highest BCUT2D eigenvalue weighted by Crippen LogP contribution is 2.14. The second-order valence-corrected chi connectivity index (χ2v) is 4.65. The quantitative estimate of drug-likeness (QED) is 0.799. The van der Waals surface area contributed by atoms with Gasteiger partial charge in [0.25, 0.3) is 0 Å². The Morgan fingerprint density at radius 2 is 2.12 bits per heavy atom. The highest BCUT2D eigenvalue weighted by atomic mass is 79.9. The highest BCUT2D eigenvalue weighted by Gasteiger charge is 2.29. The molecule has 1 fully saturated rings. The lowest BCUT2D eigenvalue weighted by atomic mass is 10.1. The van der Waals surface area contributed by atoms with Crippen LogP contribution in [0.25, 0.3) is 0 Å². The van der Waals surface area contributed by atoms with Gasteiger partial charge in [0.05, 0.1) is 13.0 Å². The standard InChI is InChI=1S/C12H11BrO4/c13-9-3-1-8(2-4-9)7-11(14)17-10-5-6-16-12(10)15/h1-4,10H,5-7H2. The van der Waals surface area contributed by atoms with E-state index in [9.17, 15) is 9.59 Å². The van der Waals surface area contributed by atoms with Crippen LogP contribution in [0.5, 0.6) is 0 Å². The third-order valence-electron chi connectivity index (χ3n) is 2.42. The van der Waals surface area contributed by atoms with Crippen LogP contribution in [0.15, 0.2) is 28.7 Å². The van der Waals surface area contributed by atoms with Gasteiger partial charge in [0, 0.05) is 10.9 Å². The maximum Gasteiger partial charge on any atom is 0.347 e. The average molecular weight is 299 g/mol. The molecule has 1 aliphatic rings. The Morgan fingerprint density at radius 1 is 1.41 bits per heavy atom. The van der Waals surface area contributed by atoms with Crippen molar-refractivity contribution >= 4 is 27.9 Å². The number of rotatable bonds is 3. The summed E-state index contributed by atoms with van der Waals surface area (Å²) < 4.78 is 10.7. The van der Waals surface area contributed by atoms with E-state index < -0.39 is 18.0 Å². The first kappa shape index (κ1) is 12.1. The fourth-order valence-electron chi connectivity index (χ4n) is 1.55. The number of hydrogen-bond donors (Lipinski definition) is 0. The summed E-state index contributed by atoms with van der Waals surface area (Å²) in [6.45, 7) is 0.328. The van der Waals surface area contributed by atoms with Crippen LogP contribution >= 0.6 is 15.9 Å². The van der Waals surface area contributed by atoms with Crippen LogP contribution in [-0.2, 0) is 25.5 Å². The van der Waals surface area contributed by atoms with E-state index in [1.165, 1.54) is 0 Å². The Bertz CT molecular complexity index is 427. The molecule has 0 aromatic heterocycles. The predicted molar refractivity (Wildman–Crippen MR) is 63.3 cm³/mol. The third-order valence-corrected chi connectivity index (χ3v) is 2.95. The van der Waals surface area contributed by atoms with Crippen LogP contribution < -0.4 is 0 Å². The lowest BCUT2D eigenvalue weighted by Crippen LogP contribution is -2.23. The fourth-order valence-corrected chi connectivity index (χ4v) is 1.82. The van der Waals surface area contributed by atoms with Gasteiger partial charge in [0.2, 0.25) is 6.10 Å². The maximum absolute atomic E-state index is 11.6. The molecule has 1 heterocycles. The minimum atomic E-state index is -0.724. The van der Waals surface area contributed by atoms with Gasteiger partial charge in [-0.25, -0.2) is 4.79 Å². The molecule has 1 unspecified atom stereocenters. The van der Waals surface area contributed by atoms with Crippen molar-refractivity contribution in [3.05, 3.63) is 34.3 Å². The van der Waals surface area contributed by atoms with Crippen LogP contribution in [-0.4, -0.2) is 24.6 Å². The average Bonchev–Trinajstić information content (AvgIpc) is 2.68. The van der Waals surface area contributed by atoms with Crippen LogP contribution in [0, 0.1) is 0 Å². The van der Waals surface area contributed by atoms with Crippen molar-refractivity contribution in [3.63, 3.8) is 0 Å². The maximum atomic E-state index is 11.6. The van der Waals surface area contributed by atoms with E-state index in [0.717, 1.165) is 10.0 Å². The molecule has 5 heteroatoms. The van der Waals surface area contributed by atoms with E-state index >= 15 is 0 Å². The van der Waals surface area contributed by atoms with Gasteiger partial charge < -0.3 is 9.47 Å². The summed E-state index contributed by atoms with van der Waals surface area (Å²) in [6, 6.07) is 7.37. The summed E-state index contributed by atoms with van der Waals surface area (Å²) in [5.41, 5.74) is 0.851. The fraction of sp³-hybridized carbons (Fsp3) is 0.333. The van der Waals surface area contributed by atoms with Crippen molar-refractivity contribution in [2.75, 3.05) is 6.61 Å². The molecule has 0 N–H and O–H groups in total. The van der Waals surface area contributed by atoms with Crippen LogP contribution in [0.2, 0.25) is 0 Å². The Balaban J connectivity index is 1.88. The van der Waals surface area contributed by atoms with Crippen LogP contribution in [0.1, 0.15) is 12.0 Å². The van der Waals surface area contributed by atoms with Crippen molar-refractivity contribution < 1.29 is 19.1 Å². The van der Waals surface area contributed by atoms with Gasteiger partial charge in [-0.15, -0.1) is 0 Å². The van der Waals surface area contributed by atoms with Gasteiger partial charge in [0.1, 0.15) is 0 Å². The third kappa shape index (κ3) is 3.30. The monoisotopic (exact) mass is 298 g/mol. The molecule has 0 amide bonds. The zero-order valence-electron chi connectivity index (χ0n) is 9.02. The summed E-state index contributed by atoms with van der Waals surface area (Å²) in [4.78, 5) is 22.7. The molecule has 0 saturated carbocycles. The highest BCUT2D eigenvalue weighted by molar-refractivity contribution is 9.10. The number of esters is 2. The smallest absolute Gasteiger partial charge is 0.347 e. The van der Waals surface area contributed by atoms with Gasteiger partial charge in [-0.2, -0.15) is 0 Å². The first-order chi connectivity index (χ1) is 8.15. The molecule has 1 aromatic rings.